The lowest BCUT2D eigenvalue weighted by Gasteiger charge is -2.15. The van der Waals surface area contributed by atoms with Gasteiger partial charge in [-0.2, -0.15) is 0 Å². The van der Waals surface area contributed by atoms with Crippen molar-refractivity contribution in [1.29, 1.82) is 0 Å². The standard InChI is InChI=1S/C9H15N3S/c1-9(2)5-6(9)8(12-10)7-3-4-11-13-7/h3-4,6,8,12H,5,10H2,1-2H3. The maximum Gasteiger partial charge on any atom is 0.0602 e. The molecule has 0 aromatic carbocycles. The van der Waals surface area contributed by atoms with Gasteiger partial charge >= 0.3 is 0 Å². The highest BCUT2D eigenvalue weighted by Crippen LogP contribution is 2.57. The second kappa shape index (κ2) is 3.04. The average Bonchev–Trinajstić information content (AvgIpc) is 2.55. The van der Waals surface area contributed by atoms with E-state index in [1.807, 2.05) is 12.3 Å². The van der Waals surface area contributed by atoms with E-state index in [4.69, 9.17) is 5.84 Å². The number of nitrogens with two attached hydrogens (primary N) is 1. The van der Waals surface area contributed by atoms with E-state index in [9.17, 15) is 0 Å². The Morgan fingerprint density at radius 2 is 2.46 bits per heavy atom. The first kappa shape index (κ1) is 9.12. The predicted molar refractivity (Wildman–Crippen MR) is 54.1 cm³/mol. The van der Waals surface area contributed by atoms with Crippen molar-refractivity contribution in [3.05, 3.63) is 17.1 Å². The topological polar surface area (TPSA) is 50.9 Å². The number of hydrogen-bond acceptors (Lipinski definition) is 4. The second-order valence-corrected chi connectivity index (χ2v) is 5.22. The van der Waals surface area contributed by atoms with Gasteiger partial charge in [-0.05, 0) is 35.4 Å². The molecule has 2 atom stereocenters. The summed E-state index contributed by atoms with van der Waals surface area (Å²) in [6.07, 6.45) is 3.08. The minimum absolute atomic E-state index is 0.294. The van der Waals surface area contributed by atoms with Crippen molar-refractivity contribution >= 4 is 11.5 Å². The van der Waals surface area contributed by atoms with Crippen LogP contribution in [0.5, 0.6) is 0 Å². The summed E-state index contributed by atoms with van der Waals surface area (Å²) in [6.45, 7) is 4.56. The van der Waals surface area contributed by atoms with Crippen molar-refractivity contribution in [1.82, 2.24) is 9.80 Å². The fraction of sp³-hybridized carbons (Fsp3) is 0.667. The SMILES string of the molecule is CC1(C)CC1C(NN)c1ccns1. The zero-order valence-electron chi connectivity index (χ0n) is 7.95. The van der Waals surface area contributed by atoms with Crippen molar-refractivity contribution in [2.45, 2.75) is 26.3 Å². The molecule has 0 saturated heterocycles. The first-order chi connectivity index (χ1) is 6.15. The average molecular weight is 197 g/mol. The van der Waals surface area contributed by atoms with Gasteiger partial charge in [0.2, 0.25) is 0 Å². The third-order valence-corrected chi connectivity index (χ3v) is 3.76. The first-order valence-electron chi connectivity index (χ1n) is 4.52. The number of aromatic nitrogens is 1. The molecule has 3 nitrogen and oxygen atoms in total. The number of nitrogens with zero attached hydrogens (tertiary/aromatic N) is 1. The van der Waals surface area contributed by atoms with E-state index in [-0.39, 0.29) is 0 Å². The van der Waals surface area contributed by atoms with Crippen LogP contribution in [-0.2, 0) is 0 Å². The minimum atomic E-state index is 0.294. The Morgan fingerprint density at radius 3 is 2.85 bits per heavy atom. The lowest BCUT2D eigenvalue weighted by molar-refractivity contribution is 0.428. The summed E-state index contributed by atoms with van der Waals surface area (Å²) < 4.78 is 4.10. The molecule has 1 aromatic heterocycles. The third kappa shape index (κ3) is 1.61. The van der Waals surface area contributed by atoms with Gasteiger partial charge in [0.15, 0.2) is 0 Å². The Kier molecular flexibility index (Phi) is 2.14. The third-order valence-electron chi connectivity index (χ3n) is 2.94. The molecule has 2 unspecified atom stereocenters. The molecule has 1 heterocycles. The van der Waals surface area contributed by atoms with Crippen LogP contribution in [0.25, 0.3) is 0 Å². The van der Waals surface area contributed by atoms with Crippen molar-refractivity contribution in [2.24, 2.45) is 17.2 Å². The van der Waals surface area contributed by atoms with Gasteiger partial charge < -0.3 is 0 Å². The van der Waals surface area contributed by atoms with Gasteiger partial charge in [0.25, 0.3) is 0 Å². The molecule has 4 heteroatoms. The zero-order valence-corrected chi connectivity index (χ0v) is 8.77. The summed E-state index contributed by atoms with van der Waals surface area (Å²) in [5.74, 6) is 6.22. The van der Waals surface area contributed by atoms with E-state index in [0.717, 1.165) is 0 Å². The van der Waals surface area contributed by atoms with Crippen molar-refractivity contribution in [3.8, 4) is 0 Å². The van der Waals surface area contributed by atoms with Crippen LogP contribution in [0.2, 0.25) is 0 Å². The van der Waals surface area contributed by atoms with Crippen LogP contribution in [0.1, 0.15) is 31.2 Å². The quantitative estimate of drug-likeness (QED) is 0.572. The minimum Gasteiger partial charge on any atom is -0.271 e. The molecule has 0 spiro atoms. The molecule has 0 aliphatic heterocycles. The fourth-order valence-corrected chi connectivity index (χ4v) is 2.57. The molecular weight excluding hydrogens is 182 g/mol. The Hall–Kier alpha value is -0.450. The number of hydrogen-bond donors (Lipinski definition) is 2. The number of hydrazine groups is 1. The summed E-state index contributed by atoms with van der Waals surface area (Å²) in [4.78, 5) is 1.25. The van der Waals surface area contributed by atoms with Crippen molar-refractivity contribution in [2.75, 3.05) is 0 Å². The van der Waals surface area contributed by atoms with E-state index in [0.29, 0.717) is 17.4 Å². The van der Waals surface area contributed by atoms with E-state index < -0.39 is 0 Å². The van der Waals surface area contributed by atoms with Crippen LogP contribution in [0.4, 0.5) is 0 Å². The van der Waals surface area contributed by atoms with Gasteiger partial charge in [0.05, 0.1) is 6.04 Å². The Bertz CT molecular complexity index is 281. The Balaban J connectivity index is 2.12. The van der Waals surface area contributed by atoms with Gasteiger partial charge in [-0.15, -0.1) is 0 Å². The highest BCUT2D eigenvalue weighted by molar-refractivity contribution is 7.05. The molecule has 13 heavy (non-hydrogen) atoms. The monoisotopic (exact) mass is 197 g/mol. The molecule has 72 valence electrons. The van der Waals surface area contributed by atoms with Gasteiger partial charge in [-0.1, -0.05) is 13.8 Å². The number of nitrogens with one attached hydrogen (secondary N) is 1. The molecule has 1 aliphatic carbocycles. The van der Waals surface area contributed by atoms with Crippen LogP contribution in [0.15, 0.2) is 12.3 Å². The summed E-state index contributed by atoms with van der Waals surface area (Å²) in [6, 6.07) is 2.34. The van der Waals surface area contributed by atoms with Crippen molar-refractivity contribution in [3.63, 3.8) is 0 Å². The molecular formula is C9H15N3S. The predicted octanol–water partition coefficient (Wildman–Crippen LogP) is 1.69. The lowest BCUT2D eigenvalue weighted by Crippen LogP contribution is -2.30. The molecule has 0 bridgehead atoms. The van der Waals surface area contributed by atoms with E-state index in [1.54, 1.807) is 0 Å². The molecule has 1 saturated carbocycles. The first-order valence-corrected chi connectivity index (χ1v) is 5.29. The highest BCUT2D eigenvalue weighted by Gasteiger charge is 2.50. The summed E-state index contributed by atoms with van der Waals surface area (Å²) in [7, 11) is 0. The van der Waals surface area contributed by atoms with Crippen LogP contribution in [0, 0.1) is 11.3 Å². The zero-order chi connectivity index (χ0) is 9.47. The van der Waals surface area contributed by atoms with Crippen molar-refractivity contribution < 1.29 is 0 Å². The molecule has 0 radical (unpaired) electrons. The van der Waals surface area contributed by atoms with E-state index in [2.05, 4.69) is 23.6 Å². The molecule has 1 aliphatic rings. The molecule has 0 amide bonds. The highest BCUT2D eigenvalue weighted by atomic mass is 32.1. The largest absolute Gasteiger partial charge is 0.271 e. The lowest BCUT2D eigenvalue weighted by atomic mass is 10.0. The maximum atomic E-state index is 5.55. The maximum absolute atomic E-state index is 5.55. The summed E-state index contributed by atoms with van der Waals surface area (Å²) in [5.41, 5.74) is 3.34. The summed E-state index contributed by atoms with van der Waals surface area (Å²) in [5, 5.41) is 0. The van der Waals surface area contributed by atoms with Crippen LogP contribution >= 0.6 is 11.5 Å². The molecule has 1 aromatic rings. The molecule has 2 rings (SSSR count). The van der Waals surface area contributed by atoms with Crippen LogP contribution in [-0.4, -0.2) is 4.37 Å². The van der Waals surface area contributed by atoms with E-state index >= 15 is 0 Å². The van der Waals surface area contributed by atoms with Gasteiger partial charge in [0, 0.05) is 11.1 Å². The van der Waals surface area contributed by atoms with Gasteiger partial charge in [0.1, 0.15) is 0 Å². The van der Waals surface area contributed by atoms with Crippen LogP contribution in [0.3, 0.4) is 0 Å². The van der Waals surface area contributed by atoms with Crippen LogP contribution < -0.4 is 11.3 Å². The molecule has 1 fully saturated rings. The smallest absolute Gasteiger partial charge is 0.0602 e. The fourth-order valence-electron chi connectivity index (χ4n) is 1.86. The normalized spacial score (nSPS) is 27.2. The second-order valence-electron chi connectivity index (χ2n) is 4.36. The molecule has 3 N–H and O–H groups in total. The summed E-state index contributed by atoms with van der Waals surface area (Å²) >= 11 is 1.53. The van der Waals surface area contributed by atoms with Gasteiger partial charge in [-0.25, -0.2) is 4.37 Å². The number of rotatable bonds is 3. The van der Waals surface area contributed by atoms with E-state index in [1.165, 1.54) is 22.8 Å². The van der Waals surface area contributed by atoms with Gasteiger partial charge in [-0.3, -0.25) is 11.3 Å². The Morgan fingerprint density at radius 1 is 1.77 bits per heavy atom. The Labute approximate surface area is 82.5 Å².